The number of pyridine rings is 1. The van der Waals surface area contributed by atoms with Gasteiger partial charge in [-0.05, 0) is 54.7 Å². The van der Waals surface area contributed by atoms with Gasteiger partial charge in [0.2, 0.25) is 5.91 Å². The molecule has 1 heterocycles. The minimum Gasteiger partial charge on any atom is -0.353 e. The fourth-order valence-corrected chi connectivity index (χ4v) is 4.13. The summed E-state index contributed by atoms with van der Waals surface area (Å²) >= 11 is 0. The molecule has 2 aromatic rings. The Hall–Kier alpha value is -2.16. The van der Waals surface area contributed by atoms with Gasteiger partial charge in [0.1, 0.15) is 0 Å². The van der Waals surface area contributed by atoms with Gasteiger partial charge in [-0.2, -0.15) is 0 Å². The lowest BCUT2D eigenvalue weighted by Crippen LogP contribution is -2.39. The number of aromatic nitrogens is 1. The number of nitrogens with zero attached hydrogens (tertiary/aromatic N) is 1. The molecule has 1 N–H and O–H groups in total. The third-order valence-electron chi connectivity index (χ3n) is 5.57. The molecule has 3 nitrogen and oxygen atoms in total. The van der Waals surface area contributed by atoms with Crippen LogP contribution >= 0.6 is 0 Å². The Balaban J connectivity index is 1.34. The third kappa shape index (κ3) is 3.35. The van der Waals surface area contributed by atoms with Crippen LogP contribution in [0.1, 0.15) is 42.7 Å². The Morgan fingerprint density at radius 1 is 1.12 bits per heavy atom. The van der Waals surface area contributed by atoms with E-state index in [1.54, 1.807) is 6.20 Å². The molecular weight excluding hydrogens is 296 g/mol. The monoisotopic (exact) mass is 320 g/mol. The van der Waals surface area contributed by atoms with E-state index in [9.17, 15) is 4.79 Å². The topological polar surface area (TPSA) is 42.0 Å². The first-order chi connectivity index (χ1) is 11.8. The quantitative estimate of drug-likeness (QED) is 0.912. The van der Waals surface area contributed by atoms with Gasteiger partial charge >= 0.3 is 0 Å². The molecule has 0 aliphatic heterocycles. The van der Waals surface area contributed by atoms with Crippen molar-refractivity contribution in [3.8, 4) is 0 Å². The maximum absolute atomic E-state index is 12.6. The molecule has 2 saturated carbocycles. The second-order valence-corrected chi connectivity index (χ2v) is 7.23. The summed E-state index contributed by atoms with van der Waals surface area (Å²) in [5.41, 5.74) is 2.58. The van der Waals surface area contributed by atoms with Gasteiger partial charge < -0.3 is 5.32 Å². The van der Waals surface area contributed by atoms with E-state index < -0.39 is 0 Å². The van der Waals surface area contributed by atoms with Gasteiger partial charge in [0.15, 0.2) is 0 Å². The zero-order chi connectivity index (χ0) is 16.4. The van der Waals surface area contributed by atoms with E-state index in [4.69, 9.17) is 0 Å². The van der Waals surface area contributed by atoms with Crippen molar-refractivity contribution in [3.63, 3.8) is 0 Å². The van der Waals surface area contributed by atoms with Crippen LogP contribution in [-0.4, -0.2) is 16.9 Å². The zero-order valence-electron chi connectivity index (χ0n) is 13.9. The summed E-state index contributed by atoms with van der Waals surface area (Å²) in [5.74, 6) is 1.33. The predicted octanol–water partition coefficient (Wildman–Crippen LogP) is 3.71. The maximum Gasteiger partial charge on any atom is 0.223 e. The summed E-state index contributed by atoms with van der Waals surface area (Å²) in [4.78, 5) is 16.8. The molecule has 24 heavy (non-hydrogen) atoms. The van der Waals surface area contributed by atoms with Gasteiger partial charge in [-0.3, -0.25) is 9.78 Å². The van der Waals surface area contributed by atoms with Crippen molar-refractivity contribution in [1.29, 1.82) is 0 Å². The lowest BCUT2D eigenvalue weighted by atomic mass is 9.94. The first-order valence-electron chi connectivity index (χ1n) is 9.05. The molecule has 0 radical (unpaired) electrons. The molecule has 3 heteroatoms. The van der Waals surface area contributed by atoms with Crippen molar-refractivity contribution in [2.45, 2.75) is 44.1 Å². The highest BCUT2D eigenvalue weighted by Crippen LogP contribution is 2.47. The minimum absolute atomic E-state index is 0.146. The predicted molar refractivity (Wildman–Crippen MR) is 94.5 cm³/mol. The summed E-state index contributed by atoms with van der Waals surface area (Å²) in [5, 5.41) is 3.35. The molecule has 124 valence electrons. The average Bonchev–Trinajstić information content (AvgIpc) is 3.33. The molecule has 2 fully saturated rings. The van der Waals surface area contributed by atoms with Gasteiger partial charge in [-0.15, -0.1) is 0 Å². The molecule has 4 atom stereocenters. The van der Waals surface area contributed by atoms with Crippen LogP contribution in [0.2, 0.25) is 0 Å². The zero-order valence-corrected chi connectivity index (χ0v) is 13.9. The number of rotatable bonds is 5. The van der Waals surface area contributed by atoms with Crippen LogP contribution in [0.4, 0.5) is 0 Å². The van der Waals surface area contributed by atoms with Gasteiger partial charge in [-0.25, -0.2) is 0 Å². The number of nitrogens with one attached hydrogen (secondary N) is 1. The van der Waals surface area contributed by atoms with Crippen LogP contribution in [0.5, 0.6) is 0 Å². The minimum atomic E-state index is 0.146. The standard InChI is InChI=1S/C21H24N2O/c24-21(19-13-18(19)17-9-5-11-22-14-17)23-20-10-4-8-16(20)12-15-6-2-1-3-7-15/h1-3,5-7,9,11,14,16,18-20H,4,8,10,12-13H2,(H,23,24)/t16-,18-,19-,20-/m1/s1. The maximum atomic E-state index is 12.6. The number of amides is 1. The summed E-state index contributed by atoms with van der Waals surface area (Å²) in [7, 11) is 0. The van der Waals surface area contributed by atoms with E-state index >= 15 is 0 Å². The molecule has 0 bridgehead atoms. The van der Waals surface area contributed by atoms with E-state index in [0.29, 0.717) is 17.9 Å². The molecule has 2 aliphatic rings. The van der Waals surface area contributed by atoms with Crippen molar-refractivity contribution in [3.05, 3.63) is 66.0 Å². The molecule has 1 aromatic carbocycles. The van der Waals surface area contributed by atoms with Crippen LogP contribution in [-0.2, 0) is 11.2 Å². The van der Waals surface area contributed by atoms with E-state index in [1.165, 1.54) is 24.0 Å². The smallest absolute Gasteiger partial charge is 0.223 e. The van der Waals surface area contributed by atoms with E-state index in [0.717, 1.165) is 19.3 Å². The third-order valence-corrected chi connectivity index (χ3v) is 5.57. The van der Waals surface area contributed by atoms with Crippen LogP contribution < -0.4 is 5.32 Å². The van der Waals surface area contributed by atoms with E-state index in [-0.39, 0.29) is 11.8 Å². The number of hydrogen-bond acceptors (Lipinski definition) is 2. The Morgan fingerprint density at radius 2 is 2.00 bits per heavy atom. The van der Waals surface area contributed by atoms with E-state index in [2.05, 4.69) is 46.7 Å². The van der Waals surface area contributed by atoms with Crippen LogP contribution in [0.3, 0.4) is 0 Å². The van der Waals surface area contributed by atoms with Crippen molar-refractivity contribution in [2.24, 2.45) is 11.8 Å². The molecular formula is C21H24N2O. The highest BCUT2D eigenvalue weighted by Gasteiger charge is 2.45. The van der Waals surface area contributed by atoms with Gasteiger partial charge in [0.25, 0.3) is 0 Å². The molecule has 4 rings (SSSR count). The normalized spacial score (nSPS) is 28.5. The largest absolute Gasteiger partial charge is 0.353 e. The first kappa shape index (κ1) is 15.4. The summed E-state index contributed by atoms with van der Waals surface area (Å²) < 4.78 is 0. The lowest BCUT2D eigenvalue weighted by Gasteiger charge is -2.21. The van der Waals surface area contributed by atoms with E-state index in [1.807, 2.05) is 12.3 Å². The lowest BCUT2D eigenvalue weighted by molar-refractivity contribution is -0.123. The fourth-order valence-electron chi connectivity index (χ4n) is 4.13. The molecule has 0 unspecified atom stereocenters. The number of hydrogen-bond donors (Lipinski definition) is 1. The Labute approximate surface area is 143 Å². The molecule has 1 amide bonds. The average molecular weight is 320 g/mol. The van der Waals surface area contributed by atoms with Crippen molar-refractivity contribution in [2.75, 3.05) is 0 Å². The van der Waals surface area contributed by atoms with Crippen LogP contribution in [0, 0.1) is 11.8 Å². The van der Waals surface area contributed by atoms with Crippen LogP contribution in [0.25, 0.3) is 0 Å². The Morgan fingerprint density at radius 3 is 2.79 bits per heavy atom. The van der Waals surface area contributed by atoms with Crippen LogP contribution in [0.15, 0.2) is 54.9 Å². The summed E-state index contributed by atoms with van der Waals surface area (Å²) in [6.07, 6.45) is 9.28. The second kappa shape index (κ2) is 6.76. The molecule has 2 aliphatic carbocycles. The van der Waals surface area contributed by atoms with Crippen molar-refractivity contribution < 1.29 is 4.79 Å². The molecule has 0 spiro atoms. The summed E-state index contributed by atoms with van der Waals surface area (Å²) in [6, 6.07) is 15.0. The molecule has 0 saturated heterocycles. The first-order valence-corrected chi connectivity index (χ1v) is 9.05. The van der Waals surface area contributed by atoms with Crippen molar-refractivity contribution >= 4 is 5.91 Å². The molecule has 1 aromatic heterocycles. The second-order valence-electron chi connectivity index (χ2n) is 7.23. The van der Waals surface area contributed by atoms with Gasteiger partial charge in [-0.1, -0.05) is 42.8 Å². The highest BCUT2D eigenvalue weighted by atomic mass is 16.2. The Kier molecular flexibility index (Phi) is 4.33. The van der Waals surface area contributed by atoms with Crippen molar-refractivity contribution in [1.82, 2.24) is 10.3 Å². The number of carbonyl (C=O) groups excluding carboxylic acids is 1. The summed E-state index contributed by atoms with van der Waals surface area (Å²) in [6.45, 7) is 0. The number of benzene rings is 1. The van der Waals surface area contributed by atoms with Gasteiger partial charge in [0, 0.05) is 24.4 Å². The highest BCUT2D eigenvalue weighted by molar-refractivity contribution is 5.83. The Bertz CT molecular complexity index is 685. The fraction of sp³-hybridized carbons (Fsp3) is 0.429. The number of carbonyl (C=O) groups is 1. The van der Waals surface area contributed by atoms with Gasteiger partial charge in [0.05, 0.1) is 0 Å². The SMILES string of the molecule is O=C(N[C@@H]1CCC[C@@H]1Cc1ccccc1)[C@@H]1C[C@@H]1c1cccnc1.